The molecular weight excluding hydrogens is 398 g/mol. The first-order valence-corrected chi connectivity index (χ1v) is 11.5. The Morgan fingerprint density at radius 3 is 2.66 bits per heavy atom. The Morgan fingerprint density at radius 2 is 1.88 bits per heavy atom. The van der Waals surface area contributed by atoms with E-state index in [0.29, 0.717) is 29.8 Å². The Hall–Kier alpha value is -3.25. The molecule has 0 unspecified atom stereocenters. The molecule has 0 saturated carbocycles. The molecule has 0 aliphatic carbocycles. The molecule has 166 valence electrons. The van der Waals surface area contributed by atoms with Crippen molar-refractivity contribution in [3.05, 3.63) is 72.4 Å². The van der Waals surface area contributed by atoms with Gasteiger partial charge in [-0.1, -0.05) is 36.8 Å². The molecule has 1 atom stereocenters. The summed E-state index contributed by atoms with van der Waals surface area (Å²) in [5, 5.41) is 6.33. The first kappa shape index (κ1) is 22.0. The fourth-order valence-corrected chi connectivity index (χ4v) is 4.08. The summed E-state index contributed by atoms with van der Waals surface area (Å²) in [6.07, 6.45) is 6.64. The topological polar surface area (TPSA) is 70.2 Å². The average Bonchev–Trinajstić information content (AvgIpc) is 2.84. The van der Waals surface area contributed by atoms with Crippen molar-refractivity contribution in [3.8, 4) is 11.4 Å². The highest BCUT2D eigenvalue weighted by Gasteiger charge is 2.17. The van der Waals surface area contributed by atoms with Crippen molar-refractivity contribution in [1.29, 1.82) is 0 Å². The van der Waals surface area contributed by atoms with Crippen LogP contribution < -0.4 is 10.6 Å². The molecule has 1 aliphatic heterocycles. The van der Waals surface area contributed by atoms with Crippen LogP contribution in [-0.4, -0.2) is 46.5 Å². The van der Waals surface area contributed by atoms with E-state index < -0.39 is 0 Å². The van der Waals surface area contributed by atoms with Crippen molar-refractivity contribution in [1.82, 2.24) is 20.2 Å². The van der Waals surface area contributed by atoms with E-state index >= 15 is 0 Å². The van der Waals surface area contributed by atoms with Gasteiger partial charge in [0.05, 0.1) is 0 Å². The highest BCUT2D eigenvalue weighted by atomic mass is 16.1. The number of carbonyl (C=O) groups excluding carboxylic acids is 1. The molecule has 32 heavy (non-hydrogen) atoms. The SMILES string of the molecule is C[C@H]1CCCCN1CCCNC(=O)c1ccc(Nc2ccnc(-c3ccccc3)n2)cc1. The quantitative estimate of drug-likeness (QED) is 0.500. The van der Waals surface area contributed by atoms with Gasteiger partial charge in [-0.25, -0.2) is 9.97 Å². The third-order valence-electron chi connectivity index (χ3n) is 5.96. The highest BCUT2D eigenvalue weighted by molar-refractivity contribution is 5.94. The molecule has 4 rings (SSSR count). The van der Waals surface area contributed by atoms with Crippen molar-refractivity contribution in [2.45, 2.75) is 38.6 Å². The number of amides is 1. The van der Waals surface area contributed by atoms with Gasteiger partial charge < -0.3 is 15.5 Å². The van der Waals surface area contributed by atoms with E-state index in [0.717, 1.165) is 24.2 Å². The lowest BCUT2D eigenvalue weighted by atomic mass is 10.0. The number of hydrogen-bond donors (Lipinski definition) is 2. The monoisotopic (exact) mass is 429 g/mol. The Kier molecular flexibility index (Phi) is 7.46. The van der Waals surface area contributed by atoms with Gasteiger partial charge in [0, 0.05) is 42.1 Å². The summed E-state index contributed by atoms with van der Waals surface area (Å²) in [6, 6.07) is 19.8. The maximum Gasteiger partial charge on any atom is 0.251 e. The second-order valence-electron chi connectivity index (χ2n) is 8.32. The summed E-state index contributed by atoms with van der Waals surface area (Å²) in [5.41, 5.74) is 2.51. The predicted molar refractivity (Wildman–Crippen MR) is 129 cm³/mol. The smallest absolute Gasteiger partial charge is 0.251 e. The van der Waals surface area contributed by atoms with Crippen LogP contribution in [0.1, 0.15) is 43.0 Å². The van der Waals surface area contributed by atoms with Crippen LogP contribution >= 0.6 is 0 Å². The van der Waals surface area contributed by atoms with E-state index in [1.165, 1.54) is 25.8 Å². The standard InChI is InChI=1S/C26H31N5O/c1-20-8-5-6-18-31(20)19-7-16-28-26(32)22-11-13-23(14-12-22)29-24-15-17-27-25(30-24)21-9-3-2-4-10-21/h2-4,9-15,17,20H,5-8,16,18-19H2,1H3,(H,28,32)(H,27,29,30)/t20-/m0/s1. The van der Waals surface area contributed by atoms with E-state index in [4.69, 9.17) is 0 Å². The summed E-state index contributed by atoms with van der Waals surface area (Å²) in [6.45, 7) is 5.24. The summed E-state index contributed by atoms with van der Waals surface area (Å²) >= 11 is 0. The zero-order valence-electron chi connectivity index (χ0n) is 18.6. The zero-order chi connectivity index (χ0) is 22.2. The zero-order valence-corrected chi connectivity index (χ0v) is 18.6. The lowest BCUT2D eigenvalue weighted by Gasteiger charge is -2.33. The number of likely N-dealkylation sites (tertiary alicyclic amines) is 1. The molecule has 0 spiro atoms. The van der Waals surface area contributed by atoms with Gasteiger partial charge in [0.1, 0.15) is 5.82 Å². The molecule has 2 heterocycles. The summed E-state index contributed by atoms with van der Waals surface area (Å²) in [5.74, 6) is 1.35. The Labute approximate surface area is 190 Å². The number of piperidine rings is 1. The second-order valence-corrected chi connectivity index (χ2v) is 8.32. The molecule has 1 saturated heterocycles. The molecule has 0 radical (unpaired) electrons. The Morgan fingerprint density at radius 1 is 1.06 bits per heavy atom. The molecular formula is C26H31N5O. The molecule has 1 amide bonds. The maximum atomic E-state index is 12.5. The highest BCUT2D eigenvalue weighted by Crippen LogP contribution is 2.19. The van der Waals surface area contributed by atoms with Crippen LogP contribution in [0, 0.1) is 0 Å². The molecule has 1 aromatic heterocycles. The van der Waals surface area contributed by atoms with E-state index in [-0.39, 0.29) is 5.91 Å². The number of nitrogens with one attached hydrogen (secondary N) is 2. The van der Waals surface area contributed by atoms with E-state index in [1.807, 2.05) is 60.7 Å². The van der Waals surface area contributed by atoms with Gasteiger partial charge in [-0.3, -0.25) is 4.79 Å². The molecule has 1 fully saturated rings. The summed E-state index contributed by atoms with van der Waals surface area (Å²) in [4.78, 5) is 23.9. The minimum atomic E-state index is -0.0309. The second kappa shape index (κ2) is 10.9. The van der Waals surface area contributed by atoms with Gasteiger partial charge in [0.25, 0.3) is 5.91 Å². The van der Waals surface area contributed by atoms with E-state index in [9.17, 15) is 4.79 Å². The molecule has 2 N–H and O–H groups in total. The maximum absolute atomic E-state index is 12.5. The minimum Gasteiger partial charge on any atom is -0.352 e. The van der Waals surface area contributed by atoms with Crippen molar-refractivity contribution < 1.29 is 4.79 Å². The first-order valence-electron chi connectivity index (χ1n) is 11.5. The summed E-state index contributed by atoms with van der Waals surface area (Å²) < 4.78 is 0. The number of benzene rings is 2. The molecule has 6 nitrogen and oxygen atoms in total. The molecule has 2 aromatic carbocycles. The van der Waals surface area contributed by atoms with Gasteiger partial charge >= 0.3 is 0 Å². The third-order valence-corrected chi connectivity index (χ3v) is 5.96. The van der Waals surface area contributed by atoms with Crippen LogP contribution in [0.2, 0.25) is 0 Å². The predicted octanol–water partition coefficient (Wildman–Crippen LogP) is 4.88. The number of nitrogens with zero attached hydrogens (tertiary/aromatic N) is 3. The van der Waals surface area contributed by atoms with Crippen LogP contribution in [0.15, 0.2) is 66.9 Å². The van der Waals surface area contributed by atoms with Gasteiger partial charge in [-0.2, -0.15) is 0 Å². The first-order chi connectivity index (χ1) is 15.7. The van der Waals surface area contributed by atoms with Crippen LogP contribution in [0.4, 0.5) is 11.5 Å². The average molecular weight is 430 g/mol. The van der Waals surface area contributed by atoms with Gasteiger partial charge in [0.2, 0.25) is 0 Å². The number of rotatable bonds is 8. The normalized spacial score (nSPS) is 16.5. The van der Waals surface area contributed by atoms with E-state index in [2.05, 4.69) is 32.4 Å². The van der Waals surface area contributed by atoms with Crippen molar-refractivity contribution >= 4 is 17.4 Å². The lowest BCUT2D eigenvalue weighted by molar-refractivity contribution is 0.0949. The van der Waals surface area contributed by atoms with Crippen molar-refractivity contribution in [2.75, 3.05) is 25.0 Å². The van der Waals surface area contributed by atoms with Crippen molar-refractivity contribution in [2.24, 2.45) is 0 Å². The molecule has 6 heteroatoms. The number of carbonyl (C=O) groups is 1. The molecule has 0 bridgehead atoms. The van der Waals surface area contributed by atoms with E-state index in [1.54, 1.807) is 6.20 Å². The number of hydrogen-bond acceptors (Lipinski definition) is 5. The largest absolute Gasteiger partial charge is 0.352 e. The van der Waals surface area contributed by atoms with Gasteiger partial charge in [0.15, 0.2) is 5.82 Å². The Bertz CT molecular complexity index is 1010. The number of anilines is 2. The fourth-order valence-electron chi connectivity index (χ4n) is 4.08. The number of aromatic nitrogens is 2. The van der Waals surface area contributed by atoms with Gasteiger partial charge in [-0.15, -0.1) is 0 Å². The summed E-state index contributed by atoms with van der Waals surface area (Å²) in [7, 11) is 0. The Balaban J connectivity index is 1.27. The minimum absolute atomic E-state index is 0.0309. The van der Waals surface area contributed by atoms with Crippen molar-refractivity contribution in [3.63, 3.8) is 0 Å². The van der Waals surface area contributed by atoms with Gasteiger partial charge in [-0.05, 0) is 63.1 Å². The molecule has 1 aliphatic rings. The van der Waals surface area contributed by atoms with Crippen LogP contribution in [0.5, 0.6) is 0 Å². The van der Waals surface area contributed by atoms with Crippen LogP contribution in [-0.2, 0) is 0 Å². The fraction of sp³-hybridized carbons (Fsp3) is 0.346. The molecule has 3 aromatic rings. The lowest BCUT2D eigenvalue weighted by Crippen LogP contribution is -2.39. The van der Waals surface area contributed by atoms with Crippen LogP contribution in [0.25, 0.3) is 11.4 Å². The van der Waals surface area contributed by atoms with Crippen LogP contribution in [0.3, 0.4) is 0 Å². The third kappa shape index (κ3) is 5.92.